The van der Waals surface area contributed by atoms with E-state index in [1.54, 1.807) is 11.8 Å². The second kappa shape index (κ2) is 10.5. The molecule has 1 aromatic heterocycles. The summed E-state index contributed by atoms with van der Waals surface area (Å²) in [6, 6.07) is 25.9. The largest absolute Gasteiger partial charge is 0.339 e. The van der Waals surface area contributed by atoms with Crippen LogP contribution in [0.3, 0.4) is 0 Å². The molecule has 1 aliphatic heterocycles. The number of rotatable bonds is 7. The van der Waals surface area contributed by atoms with Gasteiger partial charge in [-0.15, -0.1) is 10.2 Å². The first kappa shape index (κ1) is 22.7. The highest BCUT2D eigenvalue weighted by molar-refractivity contribution is 7.98. The van der Waals surface area contributed by atoms with Crippen molar-refractivity contribution in [3.8, 4) is 5.69 Å². The molecule has 1 fully saturated rings. The standard InChI is InChI=1S/C27H25ClN4OS/c28-23-12-7-13-24(18-23)32-25(17-20-8-2-1-3-9-20)29-30-27(32)34-19-21-10-6-11-22(16-21)26(33)31-14-4-5-15-31/h1-3,6-13,16,18H,4-5,14-15,17,19H2. The number of likely N-dealkylation sites (tertiary alicyclic amines) is 1. The van der Waals surface area contributed by atoms with Crippen LogP contribution >= 0.6 is 23.4 Å². The first-order valence-corrected chi connectivity index (χ1v) is 12.8. The SMILES string of the molecule is O=C(c1cccc(CSc2nnc(Cc3ccccc3)n2-c2cccc(Cl)c2)c1)N1CCCC1. The minimum absolute atomic E-state index is 0.122. The van der Waals surface area contributed by atoms with Crippen molar-refractivity contribution in [1.29, 1.82) is 0 Å². The third kappa shape index (κ3) is 5.18. The summed E-state index contributed by atoms with van der Waals surface area (Å²) >= 11 is 7.91. The Morgan fingerprint density at radius 1 is 0.882 bits per heavy atom. The highest BCUT2D eigenvalue weighted by atomic mass is 35.5. The minimum atomic E-state index is 0.122. The Hall–Kier alpha value is -3.09. The van der Waals surface area contributed by atoms with Crippen LogP contribution in [0.25, 0.3) is 5.69 Å². The summed E-state index contributed by atoms with van der Waals surface area (Å²) in [6.07, 6.45) is 2.85. The van der Waals surface area contributed by atoms with Crippen LogP contribution in [0, 0.1) is 0 Å². The quantitative estimate of drug-likeness (QED) is 0.297. The van der Waals surface area contributed by atoms with Crippen molar-refractivity contribution in [2.24, 2.45) is 0 Å². The molecule has 1 saturated heterocycles. The van der Waals surface area contributed by atoms with E-state index < -0.39 is 0 Å². The van der Waals surface area contributed by atoms with Crippen molar-refractivity contribution in [3.05, 3.63) is 106 Å². The van der Waals surface area contributed by atoms with Crippen molar-refractivity contribution in [2.45, 2.75) is 30.2 Å². The van der Waals surface area contributed by atoms with Crippen LogP contribution in [0.1, 0.15) is 40.2 Å². The molecule has 34 heavy (non-hydrogen) atoms. The summed E-state index contributed by atoms with van der Waals surface area (Å²) in [4.78, 5) is 14.7. The zero-order chi connectivity index (χ0) is 23.3. The molecular formula is C27H25ClN4OS. The monoisotopic (exact) mass is 488 g/mol. The van der Waals surface area contributed by atoms with E-state index in [0.29, 0.717) is 17.2 Å². The van der Waals surface area contributed by atoms with Gasteiger partial charge in [-0.2, -0.15) is 0 Å². The van der Waals surface area contributed by atoms with Crippen molar-refractivity contribution in [3.63, 3.8) is 0 Å². The van der Waals surface area contributed by atoms with Crippen LogP contribution < -0.4 is 0 Å². The predicted molar refractivity (Wildman–Crippen MR) is 137 cm³/mol. The number of hydrogen-bond acceptors (Lipinski definition) is 4. The van der Waals surface area contributed by atoms with Crippen LogP contribution in [-0.4, -0.2) is 38.7 Å². The Bertz CT molecular complexity index is 1280. The van der Waals surface area contributed by atoms with Gasteiger partial charge in [0.15, 0.2) is 5.16 Å². The van der Waals surface area contributed by atoms with Crippen molar-refractivity contribution < 1.29 is 4.79 Å². The maximum absolute atomic E-state index is 12.8. The molecule has 2 heterocycles. The first-order chi connectivity index (χ1) is 16.7. The molecule has 0 radical (unpaired) electrons. The summed E-state index contributed by atoms with van der Waals surface area (Å²) in [5, 5.41) is 10.5. The number of hydrogen-bond donors (Lipinski definition) is 0. The number of aromatic nitrogens is 3. The lowest BCUT2D eigenvalue weighted by Gasteiger charge is -2.15. The molecule has 5 nitrogen and oxygen atoms in total. The van der Waals surface area contributed by atoms with Gasteiger partial charge in [-0.25, -0.2) is 0 Å². The number of benzene rings is 3. The fourth-order valence-electron chi connectivity index (χ4n) is 4.21. The third-order valence-corrected chi connectivity index (χ3v) is 7.14. The Kier molecular flexibility index (Phi) is 6.97. The molecule has 0 atom stereocenters. The van der Waals surface area contributed by atoms with Gasteiger partial charge in [0.05, 0.1) is 5.69 Å². The molecule has 0 saturated carbocycles. The van der Waals surface area contributed by atoms with Crippen molar-refractivity contribution >= 4 is 29.3 Å². The van der Waals surface area contributed by atoms with Gasteiger partial charge in [-0.05, 0) is 54.3 Å². The lowest BCUT2D eigenvalue weighted by molar-refractivity contribution is 0.0792. The molecule has 3 aromatic carbocycles. The molecule has 7 heteroatoms. The molecule has 4 aromatic rings. The molecular weight excluding hydrogens is 464 g/mol. The van der Waals surface area contributed by atoms with Crippen molar-refractivity contribution in [2.75, 3.05) is 13.1 Å². The van der Waals surface area contributed by atoms with Crippen molar-refractivity contribution in [1.82, 2.24) is 19.7 Å². The minimum Gasteiger partial charge on any atom is -0.339 e. The van der Waals surface area contributed by atoms with Gasteiger partial charge >= 0.3 is 0 Å². The summed E-state index contributed by atoms with van der Waals surface area (Å²) in [6.45, 7) is 1.70. The maximum Gasteiger partial charge on any atom is 0.253 e. The first-order valence-electron chi connectivity index (χ1n) is 11.4. The number of nitrogens with zero attached hydrogens (tertiary/aromatic N) is 4. The Morgan fingerprint density at radius 2 is 1.65 bits per heavy atom. The normalized spacial score (nSPS) is 13.4. The van der Waals surface area contributed by atoms with E-state index in [2.05, 4.69) is 33.0 Å². The van der Waals surface area contributed by atoms with Gasteiger partial charge in [-0.3, -0.25) is 9.36 Å². The topological polar surface area (TPSA) is 51.0 Å². The van der Waals surface area contributed by atoms with Crippen LogP contribution in [-0.2, 0) is 12.2 Å². The second-order valence-corrected chi connectivity index (χ2v) is 9.74. The summed E-state index contributed by atoms with van der Waals surface area (Å²) in [7, 11) is 0. The smallest absolute Gasteiger partial charge is 0.253 e. The predicted octanol–water partition coefficient (Wildman–Crippen LogP) is 6.04. The van der Waals surface area contributed by atoms with Crippen LogP contribution in [0.15, 0.2) is 84.0 Å². The molecule has 5 rings (SSSR count). The summed E-state index contributed by atoms with van der Waals surface area (Å²) < 4.78 is 2.07. The molecule has 0 spiro atoms. The van der Waals surface area contributed by atoms with E-state index >= 15 is 0 Å². The molecule has 0 aliphatic carbocycles. The van der Waals surface area contributed by atoms with Gasteiger partial charge in [0, 0.05) is 35.8 Å². The van der Waals surface area contributed by atoms with E-state index in [4.69, 9.17) is 11.6 Å². The molecule has 0 bridgehead atoms. The van der Waals surface area contributed by atoms with Crippen LogP contribution in [0.5, 0.6) is 0 Å². The summed E-state index contributed by atoms with van der Waals surface area (Å²) in [5.41, 5.74) is 3.94. The second-order valence-electron chi connectivity index (χ2n) is 8.36. The maximum atomic E-state index is 12.8. The average Bonchev–Trinajstić information content (AvgIpc) is 3.54. The zero-order valence-electron chi connectivity index (χ0n) is 18.7. The fraction of sp³-hybridized carbons (Fsp3) is 0.222. The highest BCUT2D eigenvalue weighted by Crippen LogP contribution is 2.28. The number of carbonyl (C=O) groups excluding carboxylic acids is 1. The number of amides is 1. The van der Waals surface area contributed by atoms with Gasteiger partial charge in [0.1, 0.15) is 5.82 Å². The van der Waals surface area contributed by atoms with Gasteiger partial charge in [0.25, 0.3) is 5.91 Å². The zero-order valence-corrected chi connectivity index (χ0v) is 20.3. The van der Waals surface area contributed by atoms with E-state index in [-0.39, 0.29) is 5.91 Å². The van der Waals surface area contributed by atoms with Crippen LogP contribution in [0.2, 0.25) is 5.02 Å². The van der Waals surface area contributed by atoms with Crippen LogP contribution in [0.4, 0.5) is 0 Å². The lowest BCUT2D eigenvalue weighted by atomic mass is 10.1. The number of halogens is 1. The Morgan fingerprint density at radius 3 is 2.44 bits per heavy atom. The summed E-state index contributed by atoms with van der Waals surface area (Å²) in [5.74, 6) is 1.66. The van der Waals surface area contributed by atoms with E-state index in [1.165, 1.54) is 5.56 Å². The fourth-order valence-corrected chi connectivity index (χ4v) is 5.30. The number of carbonyl (C=O) groups is 1. The third-order valence-electron chi connectivity index (χ3n) is 5.91. The molecule has 0 unspecified atom stereocenters. The van der Waals surface area contributed by atoms with E-state index in [9.17, 15) is 4.79 Å². The van der Waals surface area contributed by atoms with E-state index in [0.717, 1.165) is 53.7 Å². The Labute approximate surface area is 208 Å². The molecule has 1 aliphatic rings. The van der Waals surface area contributed by atoms with E-state index in [1.807, 2.05) is 65.6 Å². The molecule has 0 N–H and O–H groups in total. The van der Waals surface area contributed by atoms with Gasteiger partial charge in [0.2, 0.25) is 0 Å². The molecule has 1 amide bonds. The average molecular weight is 489 g/mol. The molecule has 172 valence electrons. The highest BCUT2D eigenvalue weighted by Gasteiger charge is 2.20. The van der Waals surface area contributed by atoms with Gasteiger partial charge < -0.3 is 4.90 Å². The van der Waals surface area contributed by atoms with Gasteiger partial charge in [-0.1, -0.05) is 71.9 Å². The lowest BCUT2D eigenvalue weighted by Crippen LogP contribution is -2.27. The Balaban J connectivity index is 1.39. The number of thioether (sulfide) groups is 1.